The topological polar surface area (TPSA) is 60.2 Å². The molecule has 4 nitrogen and oxygen atoms in total. The second-order valence-electron chi connectivity index (χ2n) is 7.62. The van der Waals surface area contributed by atoms with E-state index in [1.54, 1.807) is 54.6 Å². The van der Waals surface area contributed by atoms with Crippen molar-refractivity contribution in [2.75, 3.05) is 0 Å². The molecule has 32 heavy (non-hydrogen) atoms. The Labute approximate surface area is 185 Å². The standard InChI is InChI=1S/C27H17NO3S/c29-32(30,19-8-2-1-3-9-19)20-16-14-18(15-17-20)27-25-21-10-4-6-12-23(21)28-26(25)22-11-5-7-13-24(22)31-27/h1-17H. The lowest BCUT2D eigenvalue weighted by Crippen LogP contribution is -2.01. The van der Waals surface area contributed by atoms with Crippen molar-refractivity contribution < 1.29 is 12.8 Å². The van der Waals surface area contributed by atoms with Crippen molar-refractivity contribution in [2.24, 2.45) is 0 Å². The Morgan fingerprint density at radius 2 is 1.25 bits per heavy atom. The van der Waals surface area contributed by atoms with Gasteiger partial charge in [-0.2, -0.15) is 0 Å². The Morgan fingerprint density at radius 3 is 2.03 bits per heavy atom. The minimum absolute atomic E-state index is 0.245. The van der Waals surface area contributed by atoms with Gasteiger partial charge >= 0.3 is 0 Å². The molecule has 154 valence electrons. The van der Waals surface area contributed by atoms with E-state index in [9.17, 15) is 8.42 Å². The molecular weight excluding hydrogens is 418 g/mol. The third-order valence-electron chi connectivity index (χ3n) is 5.70. The van der Waals surface area contributed by atoms with Crippen LogP contribution in [0.15, 0.2) is 117 Å². The first-order valence-electron chi connectivity index (χ1n) is 10.2. The van der Waals surface area contributed by atoms with E-state index >= 15 is 0 Å². The fourth-order valence-electron chi connectivity index (χ4n) is 4.15. The summed E-state index contributed by atoms with van der Waals surface area (Å²) in [5.74, 6) is 0.677. The highest BCUT2D eigenvalue weighted by atomic mass is 32.2. The number of aromatic nitrogens is 1. The van der Waals surface area contributed by atoms with Gasteiger partial charge in [0.2, 0.25) is 9.84 Å². The van der Waals surface area contributed by atoms with Crippen molar-refractivity contribution in [1.82, 2.24) is 4.98 Å². The summed E-state index contributed by atoms with van der Waals surface area (Å²) < 4.78 is 32.3. The molecule has 0 saturated heterocycles. The van der Waals surface area contributed by atoms with Gasteiger partial charge in [0.05, 0.1) is 26.6 Å². The summed E-state index contributed by atoms with van der Waals surface area (Å²) in [6.07, 6.45) is 0. The molecule has 0 saturated carbocycles. The molecule has 6 rings (SSSR count). The Bertz CT molecular complexity index is 1670. The number of rotatable bonds is 3. The lowest BCUT2D eigenvalue weighted by atomic mass is 9.99. The highest BCUT2D eigenvalue weighted by molar-refractivity contribution is 7.91. The van der Waals surface area contributed by atoms with Crippen LogP contribution in [0.25, 0.3) is 44.5 Å². The first-order chi connectivity index (χ1) is 15.6. The average Bonchev–Trinajstić information content (AvgIpc) is 3.24. The Morgan fingerprint density at radius 1 is 0.625 bits per heavy atom. The van der Waals surface area contributed by atoms with E-state index in [-0.39, 0.29) is 9.79 Å². The summed E-state index contributed by atoms with van der Waals surface area (Å²) >= 11 is 0. The maximum atomic E-state index is 13.0. The minimum atomic E-state index is -3.58. The maximum Gasteiger partial charge on any atom is 0.206 e. The van der Waals surface area contributed by atoms with Gasteiger partial charge in [-0.3, -0.25) is 0 Å². The summed E-state index contributed by atoms with van der Waals surface area (Å²) in [7, 11) is -3.58. The van der Waals surface area contributed by atoms with Crippen LogP contribution in [0.5, 0.6) is 0 Å². The molecule has 4 aromatic rings. The molecule has 5 heteroatoms. The average molecular weight is 436 g/mol. The van der Waals surface area contributed by atoms with E-state index in [1.807, 2.05) is 48.5 Å². The molecule has 2 aliphatic heterocycles. The molecule has 0 bridgehead atoms. The van der Waals surface area contributed by atoms with Crippen molar-refractivity contribution in [3.8, 4) is 22.6 Å². The number of benzene rings is 4. The predicted octanol–water partition coefficient (Wildman–Crippen LogP) is 6.59. The highest BCUT2D eigenvalue weighted by Gasteiger charge is 2.23. The number of hydrogen-bond donors (Lipinski definition) is 0. The molecule has 4 aromatic carbocycles. The zero-order valence-electron chi connectivity index (χ0n) is 16.9. The molecule has 0 radical (unpaired) electrons. The summed E-state index contributed by atoms with van der Waals surface area (Å²) in [4.78, 5) is 5.39. The fraction of sp³-hybridized carbons (Fsp3) is 0. The summed E-state index contributed by atoms with van der Waals surface area (Å²) in [6, 6.07) is 31.1. The van der Waals surface area contributed by atoms with Crippen LogP contribution in [0.2, 0.25) is 0 Å². The van der Waals surface area contributed by atoms with Crippen LogP contribution in [-0.2, 0) is 9.84 Å². The SMILES string of the molecule is O=S(=O)(c1ccccc1)c1ccc(-c2oc3ccccc3c3nc4ccccc4c2-3)cc1. The van der Waals surface area contributed by atoms with E-state index in [0.29, 0.717) is 5.76 Å². The van der Waals surface area contributed by atoms with Crippen LogP contribution in [0, 0.1) is 0 Å². The molecule has 0 aliphatic carbocycles. The molecule has 0 unspecified atom stereocenters. The summed E-state index contributed by atoms with van der Waals surface area (Å²) in [6.45, 7) is 0. The van der Waals surface area contributed by atoms with Crippen molar-refractivity contribution in [3.63, 3.8) is 0 Å². The second kappa shape index (κ2) is 7.04. The zero-order chi connectivity index (χ0) is 21.7. The molecule has 0 atom stereocenters. The molecule has 2 aliphatic rings. The molecule has 0 aromatic heterocycles. The Hall–Kier alpha value is -3.96. The largest absolute Gasteiger partial charge is 0.455 e. The van der Waals surface area contributed by atoms with E-state index in [2.05, 4.69) is 0 Å². The summed E-state index contributed by atoms with van der Waals surface area (Å²) in [5, 5.41) is 1.96. The normalized spacial score (nSPS) is 12.0. The van der Waals surface area contributed by atoms with Gasteiger partial charge in [-0.05, 0) is 54.6 Å². The van der Waals surface area contributed by atoms with Crippen LogP contribution in [-0.4, -0.2) is 13.4 Å². The molecular formula is C27H17NO3S. The van der Waals surface area contributed by atoms with Gasteiger partial charge in [0.1, 0.15) is 11.3 Å². The van der Waals surface area contributed by atoms with Crippen LogP contribution in [0.1, 0.15) is 0 Å². The molecule has 0 fully saturated rings. The van der Waals surface area contributed by atoms with Crippen LogP contribution in [0.4, 0.5) is 0 Å². The third kappa shape index (κ3) is 2.82. The Kier molecular flexibility index (Phi) is 4.13. The van der Waals surface area contributed by atoms with Gasteiger partial charge in [0.25, 0.3) is 0 Å². The number of fused-ring (bicyclic) bond motifs is 5. The molecule has 0 N–H and O–H groups in total. The zero-order valence-corrected chi connectivity index (χ0v) is 17.7. The number of hydrogen-bond acceptors (Lipinski definition) is 4. The van der Waals surface area contributed by atoms with E-state index in [1.165, 1.54) is 0 Å². The number of para-hydroxylation sites is 2. The fourth-order valence-corrected chi connectivity index (χ4v) is 5.43. The second-order valence-corrected chi connectivity index (χ2v) is 9.57. The van der Waals surface area contributed by atoms with Gasteiger partial charge in [-0.1, -0.05) is 48.5 Å². The highest BCUT2D eigenvalue weighted by Crippen LogP contribution is 2.44. The van der Waals surface area contributed by atoms with Gasteiger partial charge < -0.3 is 4.42 Å². The summed E-state index contributed by atoms with van der Waals surface area (Å²) in [5.41, 5.74) is 4.24. The number of sulfone groups is 1. The van der Waals surface area contributed by atoms with E-state index in [4.69, 9.17) is 9.40 Å². The van der Waals surface area contributed by atoms with Crippen molar-refractivity contribution >= 4 is 31.7 Å². The van der Waals surface area contributed by atoms with Gasteiger partial charge in [0, 0.05) is 16.3 Å². The molecule has 2 heterocycles. The monoisotopic (exact) mass is 435 g/mol. The first kappa shape index (κ1) is 18.8. The van der Waals surface area contributed by atoms with Gasteiger partial charge in [-0.15, -0.1) is 0 Å². The van der Waals surface area contributed by atoms with Crippen molar-refractivity contribution in [3.05, 3.63) is 103 Å². The van der Waals surface area contributed by atoms with Crippen LogP contribution >= 0.6 is 0 Å². The van der Waals surface area contributed by atoms with Gasteiger partial charge in [0.15, 0.2) is 0 Å². The predicted molar refractivity (Wildman–Crippen MR) is 125 cm³/mol. The maximum absolute atomic E-state index is 13.0. The lowest BCUT2D eigenvalue weighted by Gasteiger charge is -2.12. The van der Waals surface area contributed by atoms with Crippen LogP contribution in [0.3, 0.4) is 0 Å². The van der Waals surface area contributed by atoms with Crippen molar-refractivity contribution in [1.29, 1.82) is 0 Å². The number of nitrogens with zero attached hydrogens (tertiary/aromatic N) is 1. The first-order valence-corrected chi connectivity index (χ1v) is 11.7. The Balaban J connectivity index is 1.57. The quantitative estimate of drug-likeness (QED) is 0.315. The third-order valence-corrected chi connectivity index (χ3v) is 7.49. The van der Waals surface area contributed by atoms with Gasteiger partial charge in [-0.25, -0.2) is 13.4 Å². The lowest BCUT2D eigenvalue weighted by molar-refractivity contribution is 0.596. The van der Waals surface area contributed by atoms with E-state index in [0.717, 1.165) is 38.7 Å². The van der Waals surface area contributed by atoms with Crippen molar-refractivity contribution in [2.45, 2.75) is 9.79 Å². The van der Waals surface area contributed by atoms with Crippen LogP contribution < -0.4 is 0 Å². The van der Waals surface area contributed by atoms with E-state index < -0.39 is 9.84 Å². The molecule has 0 amide bonds. The smallest absolute Gasteiger partial charge is 0.206 e. The molecule has 0 spiro atoms. The minimum Gasteiger partial charge on any atom is -0.455 e.